The van der Waals surface area contributed by atoms with Crippen LogP contribution in [0.1, 0.15) is 19.5 Å². The van der Waals surface area contributed by atoms with Crippen LogP contribution in [0.4, 0.5) is 0 Å². The maximum atomic E-state index is 4.26. The lowest BCUT2D eigenvalue weighted by Gasteiger charge is -2.04. The summed E-state index contributed by atoms with van der Waals surface area (Å²) in [5.74, 6) is 0.703. The second-order valence-corrected chi connectivity index (χ2v) is 3.51. The molecule has 3 heteroatoms. The lowest BCUT2D eigenvalue weighted by Crippen LogP contribution is -2.19. The van der Waals surface area contributed by atoms with Crippen molar-refractivity contribution in [2.75, 3.05) is 6.54 Å². The molecule has 0 radical (unpaired) electrons. The molecular formula is C9H17N3. The van der Waals surface area contributed by atoms with Gasteiger partial charge in [-0.2, -0.15) is 5.10 Å². The molecule has 0 spiro atoms. The number of hydrogen-bond acceptors (Lipinski definition) is 2. The summed E-state index contributed by atoms with van der Waals surface area (Å²) < 4.78 is 1.83. The summed E-state index contributed by atoms with van der Waals surface area (Å²) in [7, 11) is 1.94. The Kier molecular flexibility index (Phi) is 3.29. The summed E-state index contributed by atoms with van der Waals surface area (Å²) >= 11 is 0. The minimum absolute atomic E-state index is 0.703. The van der Waals surface area contributed by atoms with Crippen molar-refractivity contribution in [1.29, 1.82) is 0 Å². The highest BCUT2D eigenvalue weighted by Gasteiger charge is 1.96. The number of aryl methyl sites for hydroxylation is 1. The molecule has 0 unspecified atom stereocenters. The van der Waals surface area contributed by atoms with Crippen LogP contribution < -0.4 is 5.32 Å². The van der Waals surface area contributed by atoms with E-state index in [1.54, 1.807) is 0 Å². The first kappa shape index (κ1) is 9.26. The first-order chi connectivity index (χ1) is 5.68. The van der Waals surface area contributed by atoms with Crippen LogP contribution in [0.25, 0.3) is 0 Å². The van der Waals surface area contributed by atoms with Crippen molar-refractivity contribution in [3.05, 3.63) is 18.0 Å². The maximum Gasteiger partial charge on any atom is 0.0762 e. The van der Waals surface area contributed by atoms with Gasteiger partial charge in [0.15, 0.2) is 0 Å². The third-order valence-corrected chi connectivity index (χ3v) is 1.63. The van der Waals surface area contributed by atoms with Gasteiger partial charge in [0.2, 0.25) is 0 Å². The molecule has 1 aromatic rings. The lowest BCUT2D eigenvalue weighted by molar-refractivity contribution is 0.545. The van der Waals surface area contributed by atoms with Gasteiger partial charge in [-0.3, -0.25) is 4.68 Å². The van der Waals surface area contributed by atoms with Gasteiger partial charge in [-0.15, -0.1) is 0 Å². The van der Waals surface area contributed by atoms with Crippen molar-refractivity contribution in [3.8, 4) is 0 Å². The van der Waals surface area contributed by atoms with E-state index in [1.807, 2.05) is 24.0 Å². The van der Waals surface area contributed by atoms with Gasteiger partial charge >= 0.3 is 0 Å². The smallest absolute Gasteiger partial charge is 0.0762 e. The van der Waals surface area contributed by atoms with Gasteiger partial charge in [0.1, 0.15) is 0 Å². The SMILES string of the molecule is CC(C)CNCc1ccn(C)n1. The largest absolute Gasteiger partial charge is 0.311 e. The summed E-state index contributed by atoms with van der Waals surface area (Å²) in [4.78, 5) is 0. The van der Waals surface area contributed by atoms with Gasteiger partial charge in [0.05, 0.1) is 5.69 Å². The number of aromatic nitrogens is 2. The molecule has 0 saturated heterocycles. The second kappa shape index (κ2) is 4.26. The van der Waals surface area contributed by atoms with Crippen LogP contribution in [-0.2, 0) is 13.6 Å². The molecule has 0 saturated carbocycles. The molecule has 0 aliphatic rings. The normalized spacial score (nSPS) is 11.0. The monoisotopic (exact) mass is 167 g/mol. The number of rotatable bonds is 4. The van der Waals surface area contributed by atoms with E-state index in [4.69, 9.17) is 0 Å². The minimum Gasteiger partial charge on any atom is -0.311 e. The molecular weight excluding hydrogens is 150 g/mol. The molecule has 0 bridgehead atoms. The molecule has 3 nitrogen and oxygen atoms in total. The molecule has 1 aromatic heterocycles. The number of nitrogens with one attached hydrogen (secondary N) is 1. The van der Waals surface area contributed by atoms with E-state index in [0.29, 0.717) is 5.92 Å². The van der Waals surface area contributed by atoms with E-state index in [-0.39, 0.29) is 0 Å². The zero-order valence-corrected chi connectivity index (χ0v) is 8.04. The Bertz CT molecular complexity index is 227. The topological polar surface area (TPSA) is 29.9 Å². The highest BCUT2D eigenvalue weighted by molar-refractivity contribution is 4.97. The maximum absolute atomic E-state index is 4.26. The van der Waals surface area contributed by atoms with E-state index in [2.05, 4.69) is 24.3 Å². The summed E-state index contributed by atoms with van der Waals surface area (Å²) in [6.07, 6.45) is 1.96. The Labute approximate surface area is 73.8 Å². The summed E-state index contributed by atoms with van der Waals surface area (Å²) in [6.45, 7) is 6.33. The van der Waals surface area contributed by atoms with Crippen molar-refractivity contribution >= 4 is 0 Å². The average molecular weight is 167 g/mol. The third-order valence-electron chi connectivity index (χ3n) is 1.63. The van der Waals surface area contributed by atoms with E-state index in [9.17, 15) is 0 Å². The fourth-order valence-electron chi connectivity index (χ4n) is 1.05. The zero-order valence-electron chi connectivity index (χ0n) is 8.04. The molecule has 0 amide bonds. The molecule has 0 aliphatic carbocycles. The minimum atomic E-state index is 0.703. The van der Waals surface area contributed by atoms with Gasteiger partial charge in [0, 0.05) is 19.8 Å². The van der Waals surface area contributed by atoms with E-state index in [1.165, 1.54) is 0 Å². The molecule has 1 N–H and O–H groups in total. The number of hydrogen-bond donors (Lipinski definition) is 1. The average Bonchev–Trinajstić information content (AvgIpc) is 2.35. The van der Waals surface area contributed by atoms with Crippen molar-refractivity contribution in [2.45, 2.75) is 20.4 Å². The quantitative estimate of drug-likeness (QED) is 0.729. The second-order valence-electron chi connectivity index (χ2n) is 3.51. The molecule has 1 heterocycles. The zero-order chi connectivity index (χ0) is 8.97. The van der Waals surface area contributed by atoms with Crippen molar-refractivity contribution in [1.82, 2.24) is 15.1 Å². The van der Waals surface area contributed by atoms with Crippen LogP contribution in [0.15, 0.2) is 12.3 Å². The molecule has 1 rings (SSSR count). The molecule has 68 valence electrons. The third kappa shape index (κ3) is 3.05. The van der Waals surface area contributed by atoms with Gasteiger partial charge in [-0.1, -0.05) is 13.8 Å². The molecule has 0 aliphatic heterocycles. The Balaban J connectivity index is 2.24. The van der Waals surface area contributed by atoms with Crippen molar-refractivity contribution < 1.29 is 0 Å². The summed E-state index contributed by atoms with van der Waals surface area (Å²) in [5, 5.41) is 7.60. The Morgan fingerprint density at radius 1 is 1.58 bits per heavy atom. The first-order valence-electron chi connectivity index (χ1n) is 4.37. The summed E-state index contributed by atoms with van der Waals surface area (Å²) in [6, 6.07) is 2.04. The van der Waals surface area contributed by atoms with E-state index in [0.717, 1.165) is 18.8 Å². The van der Waals surface area contributed by atoms with Crippen LogP contribution in [0.2, 0.25) is 0 Å². The highest BCUT2D eigenvalue weighted by atomic mass is 15.3. The predicted molar refractivity (Wildman–Crippen MR) is 49.8 cm³/mol. The van der Waals surface area contributed by atoms with Crippen molar-refractivity contribution in [2.24, 2.45) is 13.0 Å². The lowest BCUT2D eigenvalue weighted by atomic mass is 10.2. The Morgan fingerprint density at radius 3 is 2.83 bits per heavy atom. The van der Waals surface area contributed by atoms with Gasteiger partial charge < -0.3 is 5.32 Å². The predicted octanol–water partition coefficient (Wildman–Crippen LogP) is 1.17. The highest BCUT2D eigenvalue weighted by Crippen LogP contribution is 1.94. The fraction of sp³-hybridized carbons (Fsp3) is 0.667. The van der Waals surface area contributed by atoms with Crippen LogP contribution in [-0.4, -0.2) is 16.3 Å². The molecule has 0 atom stereocenters. The van der Waals surface area contributed by atoms with Gasteiger partial charge in [-0.25, -0.2) is 0 Å². The van der Waals surface area contributed by atoms with E-state index >= 15 is 0 Å². The van der Waals surface area contributed by atoms with Crippen LogP contribution in [0.5, 0.6) is 0 Å². The molecule has 12 heavy (non-hydrogen) atoms. The van der Waals surface area contributed by atoms with Crippen LogP contribution in [0.3, 0.4) is 0 Å². The van der Waals surface area contributed by atoms with E-state index < -0.39 is 0 Å². The fourth-order valence-corrected chi connectivity index (χ4v) is 1.05. The molecule has 0 aromatic carbocycles. The molecule has 0 fully saturated rings. The van der Waals surface area contributed by atoms with Crippen LogP contribution in [0, 0.1) is 5.92 Å². The van der Waals surface area contributed by atoms with Crippen LogP contribution >= 0.6 is 0 Å². The Morgan fingerprint density at radius 2 is 2.33 bits per heavy atom. The number of nitrogens with zero attached hydrogens (tertiary/aromatic N) is 2. The van der Waals surface area contributed by atoms with Gasteiger partial charge in [0.25, 0.3) is 0 Å². The standard InChI is InChI=1S/C9H17N3/c1-8(2)6-10-7-9-4-5-12(3)11-9/h4-5,8,10H,6-7H2,1-3H3. The van der Waals surface area contributed by atoms with Crippen molar-refractivity contribution in [3.63, 3.8) is 0 Å². The Hall–Kier alpha value is -0.830. The first-order valence-corrected chi connectivity index (χ1v) is 4.37. The summed E-state index contributed by atoms with van der Waals surface area (Å²) in [5.41, 5.74) is 1.11. The van der Waals surface area contributed by atoms with Gasteiger partial charge in [-0.05, 0) is 18.5 Å².